The van der Waals surface area contributed by atoms with E-state index >= 15 is 0 Å². The number of hydrogen-bond acceptors (Lipinski definition) is 3. The van der Waals surface area contributed by atoms with Crippen LogP contribution in [0.3, 0.4) is 0 Å². The van der Waals surface area contributed by atoms with E-state index in [2.05, 4.69) is 16.9 Å². The number of benzene rings is 1. The number of nitrogens with two attached hydrogens (primary N) is 1. The first-order valence-electron chi connectivity index (χ1n) is 5.65. The highest BCUT2D eigenvalue weighted by atomic mass is 35.5. The molecule has 2 rings (SSSR count). The standard InChI is InChI=1S/C14H11ClN4/c15-8-2-1-3-11-4-6-13(7-5-11)19-14(17)12(9-16)10-18-19/h4-7,10H,2,8,17H2. The summed E-state index contributed by atoms with van der Waals surface area (Å²) in [5.74, 6) is 6.84. The summed E-state index contributed by atoms with van der Waals surface area (Å²) in [6.07, 6.45) is 2.12. The molecule has 0 unspecified atom stereocenters. The molecule has 1 heterocycles. The van der Waals surface area contributed by atoms with E-state index in [0.29, 0.717) is 23.7 Å². The van der Waals surface area contributed by atoms with E-state index in [1.54, 1.807) is 0 Å². The summed E-state index contributed by atoms with van der Waals surface area (Å²) in [6, 6.07) is 9.46. The molecule has 5 heteroatoms. The number of nitriles is 1. The van der Waals surface area contributed by atoms with Gasteiger partial charge < -0.3 is 5.73 Å². The van der Waals surface area contributed by atoms with Crippen LogP contribution in [0.1, 0.15) is 17.5 Å². The minimum Gasteiger partial charge on any atom is -0.382 e. The Morgan fingerprint density at radius 1 is 1.32 bits per heavy atom. The molecule has 0 atom stereocenters. The van der Waals surface area contributed by atoms with Gasteiger partial charge in [-0.25, -0.2) is 4.68 Å². The minimum atomic E-state index is 0.337. The third kappa shape index (κ3) is 2.88. The van der Waals surface area contributed by atoms with Gasteiger partial charge in [-0.2, -0.15) is 10.4 Å². The molecule has 0 spiro atoms. The van der Waals surface area contributed by atoms with Gasteiger partial charge in [0.25, 0.3) is 0 Å². The average Bonchev–Trinajstić information content (AvgIpc) is 2.81. The number of rotatable bonds is 2. The van der Waals surface area contributed by atoms with E-state index in [4.69, 9.17) is 22.6 Å². The first-order valence-corrected chi connectivity index (χ1v) is 6.18. The van der Waals surface area contributed by atoms with Gasteiger partial charge in [0.1, 0.15) is 17.5 Å². The fourth-order valence-electron chi connectivity index (χ4n) is 1.55. The molecule has 0 amide bonds. The van der Waals surface area contributed by atoms with Crippen LogP contribution in [0.2, 0.25) is 0 Å². The van der Waals surface area contributed by atoms with Gasteiger partial charge in [-0.15, -0.1) is 11.6 Å². The Morgan fingerprint density at radius 2 is 2.05 bits per heavy atom. The van der Waals surface area contributed by atoms with Gasteiger partial charge in [-0.05, 0) is 24.3 Å². The van der Waals surface area contributed by atoms with Crippen molar-refractivity contribution in [2.75, 3.05) is 11.6 Å². The van der Waals surface area contributed by atoms with Crippen molar-refractivity contribution in [3.63, 3.8) is 0 Å². The second-order valence-corrected chi connectivity index (χ2v) is 4.13. The molecule has 2 aromatic rings. The fourth-order valence-corrected chi connectivity index (χ4v) is 1.64. The molecule has 0 aliphatic rings. The maximum absolute atomic E-state index is 8.83. The second-order valence-electron chi connectivity index (χ2n) is 3.75. The van der Waals surface area contributed by atoms with Gasteiger partial charge in [0.2, 0.25) is 0 Å². The van der Waals surface area contributed by atoms with Crippen molar-refractivity contribution < 1.29 is 0 Å². The fraction of sp³-hybridized carbons (Fsp3) is 0.143. The van der Waals surface area contributed by atoms with Gasteiger partial charge in [-0.1, -0.05) is 11.8 Å². The number of hydrogen-bond donors (Lipinski definition) is 1. The van der Waals surface area contributed by atoms with Crippen LogP contribution >= 0.6 is 11.6 Å². The lowest BCUT2D eigenvalue weighted by Gasteiger charge is -2.03. The summed E-state index contributed by atoms with van der Waals surface area (Å²) in [4.78, 5) is 0. The number of alkyl halides is 1. The van der Waals surface area contributed by atoms with E-state index in [1.807, 2.05) is 30.3 Å². The summed E-state index contributed by atoms with van der Waals surface area (Å²) < 4.78 is 1.52. The Balaban J connectivity index is 2.26. The summed E-state index contributed by atoms with van der Waals surface area (Å²) in [5, 5.41) is 12.9. The van der Waals surface area contributed by atoms with Crippen LogP contribution in [-0.2, 0) is 0 Å². The molecule has 1 aromatic carbocycles. The molecule has 0 fully saturated rings. The quantitative estimate of drug-likeness (QED) is 0.673. The summed E-state index contributed by atoms with van der Waals surface area (Å²) in [6.45, 7) is 0. The zero-order chi connectivity index (χ0) is 13.7. The second kappa shape index (κ2) is 5.95. The van der Waals surface area contributed by atoms with Crippen LogP contribution in [0.25, 0.3) is 5.69 Å². The maximum Gasteiger partial charge on any atom is 0.145 e. The van der Waals surface area contributed by atoms with Crippen LogP contribution in [0, 0.1) is 23.2 Å². The van der Waals surface area contributed by atoms with E-state index in [0.717, 1.165) is 11.3 Å². The number of aromatic nitrogens is 2. The summed E-state index contributed by atoms with van der Waals surface area (Å²) in [5.41, 5.74) is 7.88. The highest BCUT2D eigenvalue weighted by Crippen LogP contribution is 2.16. The van der Waals surface area contributed by atoms with Gasteiger partial charge in [0, 0.05) is 17.9 Å². The monoisotopic (exact) mass is 270 g/mol. The smallest absolute Gasteiger partial charge is 0.145 e. The third-order valence-corrected chi connectivity index (χ3v) is 2.68. The first-order chi connectivity index (χ1) is 9.26. The van der Waals surface area contributed by atoms with E-state index in [1.165, 1.54) is 10.9 Å². The topological polar surface area (TPSA) is 67.6 Å². The molecule has 0 bridgehead atoms. The SMILES string of the molecule is N#Cc1cnn(-c2ccc(C#CCCCl)cc2)c1N. The highest BCUT2D eigenvalue weighted by molar-refractivity contribution is 6.18. The zero-order valence-corrected chi connectivity index (χ0v) is 10.9. The molecular weight excluding hydrogens is 260 g/mol. The summed E-state index contributed by atoms with van der Waals surface area (Å²) in [7, 11) is 0. The number of nitrogens with zero attached hydrogens (tertiary/aromatic N) is 3. The van der Waals surface area contributed by atoms with Crippen LogP contribution in [0.4, 0.5) is 5.82 Å². The van der Waals surface area contributed by atoms with Crippen molar-refractivity contribution >= 4 is 17.4 Å². The lowest BCUT2D eigenvalue weighted by molar-refractivity contribution is 0.891. The molecule has 0 aliphatic carbocycles. The number of halogens is 1. The maximum atomic E-state index is 8.83. The Morgan fingerprint density at radius 3 is 2.63 bits per heavy atom. The van der Waals surface area contributed by atoms with E-state index in [-0.39, 0.29) is 0 Å². The van der Waals surface area contributed by atoms with Gasteiger partial charge in [-0.3, -0.25) is 0 Å². The predicted octanol–water partition coefficient (Wildman–Crippen LogP) is 2.31. The molecule has 0 aliphatic heterocycles. The molecule has 19 heavy (non-hydrogen) atoms. The first kappa shape index (κ1) is 13.0. The Labute approximate surface area is 116 Å². The lowest BCUT2D eigenvalue weighted by atomic mass is 10.2. The number of anilines is 1. The molecule has 2 N–H and O–H groups in total. The largest absolute Gasteiger partial charge is 0.382 e. The van der Waals surface area contributed by atoms with Crippen LogP contribution in [0.5, 0.6) is 0 Å². The Kier molecular flexibility index (Phi) is 4.07. The van der Waals surface area contributed by atoms with E-state index in [9.17, 15) is 0 Å². The van der Waals surface area contributed by atoms with Crippen LogP contribution < -0.4 is 5.73 Å². The van der Waals surface area contributed by atoms with E-state index < -0.39 is 0 Å². The predicted molar refractivity (Wildman–Crippen MR) is 74.9 cm³/mol. The lowest BCUT2D eigenvalue weighted by Crippen LogP contribution is -2.02. The van der Waals surface area contributed by atoms with Crippen LogP contribution in [0.15, 0.2) is 30.5 Å². The molecular formula is C14H11ClN4. The molecule has 1 aromatic heterocycles. The zero-order valence-electron chi connectivity index (χ0n) is 10.1. The summed E-state index contributed by atoms with van der Waals surface area (Å²) >= 11 is 5.55. The third-order valence-electron chi connectivity index (χ3n) is 2.49. The molecule has 0 radical (unpaired) electrons. The van der Waals surface area contributed by atoms with Crippen molar-refractivity contribution in [3.8, 4) is 23.6 Å². The van der Waals surface area contributed by atoms with Gasteiger partial charge in [0.15, 0.2) is 0 Å². The highest BCUT2D eigenvalue weighted by Gasteiger charge is 2.07. The van der Waals surface area contributed by atoms with Crippen molar-refractivity contribution in [2.45, 2.75) is 6.42 Å². The van der Waals surface area contributed by atoms with Crippen molar-refractivity contribution in [1.29, 1.82) is 5.26 Å². The number of nitrogen functional groups attached to an aromatic ring is 1. The van der Waals surface area contributed by atoms with Crippen LogP contribution in [-0.4, -0.2) is 15.7 Å². The average molecular weight is 271 g/mol. The molecule has 0 saturated heterocycles. The van der Waals surface area contributed by atoms with Crippen molar-refractivity contribution in [3.05, 3.63) is 41.6 Å². The van der Waals surface area contributed by atoms with Gasteiger partial charge >= 0.3 is 0 Å². The van der Waals surface area contributed by atoms with Crippen molar-refractivity contribution in [2.24, 2.45) is 0 Å². The minimum absolute atomic E-state index is 0.337. The molecule has 94 valence electrons. The Bertz CT molecular complexity index is 668. The molecule has 4 nitrogen and oxygen atoms in total. The normalized spacial score (nSPS) is 9.47. The molecule has 0 saturated carbocycles. The Hall–Kier alpha value is -2.43. The van der Waals surface area contributed by atoms with Gasteiger partial charge in [0.05, 0.1) is 11.9 Å². The van der Waals surface area contributed by atoms with Crippen molar-refractivity contribution in [1.82, 2.24) is 9.78 Å².